The first kappa shape index (κ1) is 12.8. The number of thiophene rings is 1. The van der Waals surface area contributed by atoms with E-state index in [0.717, 1.165) is 7.57 Å². The van der Waals surface area contributed by atoms with Crippen molar-refractivity contribution < 1.29 is 13.5 Å². The van der Waals surface area contributed by atoms with E-state index >= 15 is 0 Å². The largest absolute Gasteiger partial charge is 0.491 e. The maximum Gasteiger partial charge on any atom is 0.262 e. The van der Waals surface area contributed by atoms with E-state index in [1.165, 1.54) is 20.6 Å². The van der Waals surface area contributed by atoms with E-state index in [1.54, 1.807) is 6.07 Å². The molecule has 1 heterocycles. The van der Waals surface area contributed by atoms with Crippen molar-refractivity contribution in [3.8, 4) is 5.75 Å². The van der Waals surface area contributed by atoms with Gasteiger partial charge in [-0.2, -0.15) is 0 Å². The topological polar surface area (TPSA) is 9.23 Å². The van der Waals surface area contributed by atoms with E-state index in [1.807, 2.05) is 0 Å². The summed E-state index contributed by atoms with van der Waals surface area (Å²) < 4.78 is 31.7. The molecule has 0 bridgehead atoms. The van der Waals surface area contributed by atoms with Gasteiger partial charge in [-0.1, -0.05) is 9.24 Å². The first-order valence-electron chi connectivity index (χ1n) is 3.63. The molecule has 0 aliphatic rings. The quantitative estimate of drug-likeness (QED) is 0.711. The van der Waals surface area contributed by atoms with Crippen LogP contribution in [-0.4, -0.2) is 12.3 Å². The van der Waals surface area contributed by atoms with Crippen LogP contribution in [0.25, 0.3) is 0 Å². The molecule has 80 valence electrons. The summed E-state index contributed by atoms with van der Waals surface area (Å²) in [6.45, 7) is -0.00171. The monoisotopic (exact) mass is 366 g/mol. The molecule has 0 saturated carbocycles. The van der Waals surface area contributed by atoms with Crippen molar-refractivity contribution in [1.82, 2.24) is 0 Å². The van der Waals surface area contributed by atoms with E-state index in [0.29, 0.717) is 5.75 Å². The molecule has 1 atom stereocenters. The van der Waals surface area contributed by atoms with Crippen LogP contribution in [0.4, 0.5) is 8.78 Å². The van der Waals surface area contributed by atoms with Gasteiger partial charge in [0.1, 0.15) is 9.54 Å². The van der Waals surface area contributed by atoms with Gasteiger partial charge >= 0.3 is 0 Å². The van der Waals surface area contributed by atoms with E-state index < -0.39 is 5.66 Å². The maximum atomic E-state index is 12.4. The van der Waals surface area contributed by atoms with Gasteiger partial charge in [0.25, 0.3) is 5.66 Å². The maximum absolute atomic E-state index is 12.4. The molecule has 1 aromatic heterocycles. The molecule has 0 fully saturated rings. The van der Waals surface area contributed by atoms with Crippen LogP contribution in [0.5, 0.6) is 5.75 Å². The number of hydrogen-bond donors (Lipinski definition) is 0. The highest BCUT2D eigenvalue weighted by atomic mass is 79.9. The molecule has 0 radical (unpaired) electrons. The smallest absolute Gasteiger partial charge is 0.262 e. The zero-order valence-corrected chi connectivity index (χ0v) is 12.0. The van der Waals surface area contributed by atoms with E-state index in [2.05, 4.69) is 31.9 Å². The Labute approximate surface area is 104 Å². The zero-order chi connectivity index (χ0) is 10.8. The molecule has 0 saturated heterocycles. The Bertz CT molecular complexity index is 313. The molecule has 0 amide bonds. The lowest BCUT2D eigenvalue weighted by Crippen LogP contribution is -2.10. The summed E-state index contributed by atoms with van der Waals surface area (Å²) in [7, 11) is 1.49. The van der Waals surface area contributed by atoms with Crippen LogP contribution < -0.4 is 4.74 Å². The molecule has 1 nitrogen and oxygen atoms in total. The lowest BCUT2D eigenvalue weighted by atomic mass is 10.5. The standard InChI is InChI=1S/C7H7Br2F2OPS/c8-5-3-4(6(9)14-5)12-2-1-7(10,11)13/h3H,1-2,13H2. The lowest BCUT2D eigenvalue weighted by Gasteiger charge is -2.10. The van der Waals surface area contributed by atoms with Crippen molar-refractivity contribution in [1.29, 1.82) is 0 Å². The molecule has 7 heteroatoms. The number of halogens is 4. The molecule has 0 aromatic carbocycles. The lowest BCUT2D eigenvalue weighted by molar-refractivity contribution is 0.0756. The summed E-state index contributed by atoms with van der Waals surface area (Å²) >= 11 is 7.98. The molecule has 14 heavy (non-hydrogen) atoms. The van der Waals surface area contributed by atoms with Crippen LogP contribution >= 0.6 is 52.4 Å². The number of ether oxygens (including phenoxy) is 1. The molecule has 0 spiro atoms. The molecule has 1 rings (SSSR count). The molecular weight excluding hydrogens is 361 g/mol. The normalized spacial score (nSPS) is 11.8. The average Bonchev–Trinajstić information content (AvgIpc) is 2.27. The molecule has 1 unspecified atom stereocenters. The minimum Gasteiger partial charge on any atom is -0.491 e. The number of rotatable bonds is 4. The van der Waals surface area contributed by atoms with Gasteiger partial charge < -0.3 is 4.74 Å². The predicted octanol–water partition coefficient (Wildman–Crippen LogP) is 4.51. The van der Waals surface area contributed by atoms with Gasteiger partial charge in [-0.25, -0.2) is 8.78 Å². The van der Waals surface area contributed by atoms with Gasteiger partial charge in [0.05, 0.1) is 10.4 Å². The van der Waals surface area contributed by atoms with Gasteiger partial charge in [0, 0.05) is 12.5 Å². The molecule has 0 aliphatic heterocycles. The Morgan fingerprint density at radius 3 is 2.57 bits per heavy atom. The van der Waals surface area contributed by atoms with Gasteiger partial charge in [-0.15, -0.1) is 11.3 Å². The van der Waals surface area contributed by atoms with Crippen molar-refractivity contribution in [2.45, 2.75) is 12.1 Å². The van der Waals surface area contributed by atoms with Crippen molar-refractivity contribution in [2.24, 2.45) is 0 Å². The Hall–Kier alpha value is 0.750. The Morgan fingerprint density at radius 2 is 2.14 bits per heavy atom. The van der Waals surface area contributed by atoms with Crippen molar-refractivity contribution in [2.75, 3.05) is 6.61 Å². The summed E-state index contributed by atoms with van der Waals surface area (Å²) in [5.41, 5.74) is -2.75. The third kappa shape index (κ3) is 4.51. The Kier molecular flexibility index (Phi) is 4.75. The van der Waals surface area contributed by atoms with Crippen molar-refractivity contribution in [3.63, 3.8) is 0 Å². The number of hydrogen-bond acceptors (Lipinski definition) is 2. The fourth-order valence-electron chi connectivity index (χ4n) is 0.721. The van der Waals surface area contributed by atoms with Gasteiger partial charge in [-0.05, 0) is 31.9 Å². The number of alkyl halides is 2. The SMILES string of the molecule is FC(F)(P)CCOc1cc(Br)sc1Br. The first-order valence-corrected chi connectivity index (χ1v) is 6.61. The van der Waals surface area contributed by atoms with Crippen LogP contribution in [-0.2, 0) is 0 Å². The predicted molar refractivity (Wildman–Crippen MR) is 64.5 cm³/mol. The second kappa shape index (κ2) is 5.19. The van der Waals surface area contributed by atoms with E-state index in [-0.39, 0.29) is 13.0 Å². The summed E-state index contributed by atoms with van der Waals surface area (Å²) in [6.07, 6.45) is -0.308. The molecule has 0 aliphatic carbocycles. The van der Waals surface area contributed by atoms with Crippen molar-refractivity contribution in [3.05, 3.63) is 13.6 Å². The third-order valence-electron chi connectivity index (χ3n) is 1.32. The highest BCUT2D eigenvalue weighted by Crippen LogP contribution is 2.38. The Morgan fingerprint density at radius 1 is 1.50 bits per heavy atom. The Balaban J connectivity index is 2.42. The summed E-state index contributed by atoms with van der Waals surface area (Å²) in [4.78, 5) is 0. The van der Waals surface area contributed by atoms with Gasteiger partial charge in [-0.3, -0.25) is 0 Å². The van der Waals surface area contributed by atoms with Crippen LogP contribution in [0.3, 0.4) is 0 Å². The minimum atomic E-state index is -2.75. The van der Waals surface area contributed by atoms with Gasteiger partial charge in [0.2, 0.25) is 0 Å². The summed E-state index contributed by atoms with van der Waals surface area (Å²) in [6, 6.07) is 1.75. The molecule has 0 N–H and O–H groups in total. The highest BCUT2D eigenvalue weighted by Gasteiger charge is 2.21. The summed E-state index contributed by atoms with van der Waals surface area (Å²) in [5, 5.41) is 0. The second-order valence-corrected chi connectivity index (χ2v) is 7.14. The van der Waals surface area contributed by atoms with Crippen LogP contribution in [0.2, 0.25) is 0 Å². The molecular formula is C7H7Br2F2OPS. The summed E-state index contributed by atoms with van der Waals surface area (Å²) in [5.74, 6) is 0.594. The highest BCUT2D eigenvalue weighted by molar-refractivity contribution is 9.12. The van der Waals surface area contributed by atoms with Crippen LogP contribution in [0.15, 0.2) is 13.6 Å². The van der Waals surface area contributed by atoms with E-state index in [9.17, 15) is 8.78 Å². The second-order valence-electron chi connectivity index (χ2n) is 2.55. The average molecular weight is 368 g/mol. The van der Waals surface area contributed by atoms with Crippen LogP contribution in [0.1, 0.15) is 6.42 Å². The van der Waals surface area contributed by atoms with E-state index in [4.69, 9.17) is 4.74 Å². The van der Waals surface area contributed by atoms with Gasteiger partial charge in [0.15, 0.2) is 0 Å². The minimum absolute atomic E-state index is 0.00171. The van der Waals surface area contributed by atoms with Crippen LogP contribution in [0, 0.1) is 0 Å². The first-order chi connectivity index (χ1) is 6.38. The fourth-order valence-corrected chi connectivity index (χ4v) is 3.49. The third-order valence-corrected chi connectivity index (χ3v) is 3.89. The zero-order valence-electron chi connectivity index (χ0n) is 6.90. The fraction of sp³-hybridized carbons (Fsp3) is 0.429. The molecule has 1 aromatic rings. The van der Waals surface area contributed by atoms with Crippen molar-refractivity contribution >= 4 is 52.4 Å².